The van der Waals surface area contributed by atoms with Crippen LogP contribution in [0.3, 0.4) is 0 Å². The second-order valence-electron chi connectivity index (χ2n) is 7.38. The summed E-state index contributed by atoms with van der Waals surface area (Å²) in [6, 6.07) is 6.23. The number of halogens is 1. The van der Waals surface area contributed by atoms with Gasteiger partial charge in [0.05, 0.1) is 5.75 Å². The normalized spacial score (nSPS) is 19.4. The quantitative estimate of drug-likeness (QED) is 0.764. The zero-order valence-corrected chi connectivity index (χ0v) is 16.4. The molecular weight excluding hydrogens is 369 g/mol. The van der Waals surface area contributed by atoms with Crippen molar-refractivity contribution in [2.75, 3.05) is 43.4 Å². The molecule has 6 nitrogen and oxygen atoms in total. The van der Waals surface area contributed by atoms with E-state index in [1.807, 2.05) is 0 Å². The lowest BCUT2D eigenvalue weighted by atomic mass is 10.0. The fraction of sp³-hybridized carbons (Fsp3) is 0.632. The molecule has 1 amide bonds. The molecule has 1 N–H and O–H groups in total. The van der Waals surface area contributed by atoms with Gasteiger partial charge in [0.2, 0.25) is 15.9 Å². The van der Waals surface area contributed by atoms with Crippen LogP contribution in [0.2, 0.25) is 0 Å². The Labute approximate surface area is 160 Å². The molecule has 3 rings (SSSR count). The Morgan fingerprint density at radius 1 is 1.07 bits per heavy atom. The first kappa shape index (κ1) is 20.1. The molecule has 1 aromatic carbocycles. The second kappa shape index (κ2) is 9.01. The van der Waals surface area contributed by atoms with Crippen molar-refractivity contribution in [2.45, 2.75) is 32.1 Å². The highest BCUT2D eigenvalue weighted by Gasteiger charge is 2.27. The number of hydrogen-bond acceptors (Lipinski definition) is 4. The third-order valence-electron chi connectivity index (χ3n) is 5.45. The van der Waals surface area contributed by atoms with Crippen LogP contribution < -0.4 is 10.2 Å². The molecule has 1 heterocycles. The van der Waals surface area contributed by atoms with Gasteiger partial charge in [-0.15, -0.1) is 0 Å². The second-order valence-corrected chi connectivity index (χ2v) is 9.47. The number of amides is 1. The van der Waals surface area contributed by atoms with Crippen molar-refractivity contribution in [3.05, 3.63) is 30.1 Å². The van der Waals surface area contributed by atoms with Gasteiger partial charge < -0.3 is 10.2 Å². The molecule has 8 heteroatoms. The number of piperazine rings is 1. The number of carbonyl (C=O) groups excluding carboxylic acids is 1. The van der Waals surface area contributed by atoms with Crippen molar-refractivity contribution in [2.24, 2.45) is 5.92 Å². The highest BCUT2D eigenvalue weighted by Crippen LogP contribution is 2.27. The molecule has 0 bridgehead atoms. The van der Waals surface area contributed by atoms with E-state index >= 15 is 0 Å². The summed E-state index contributed by atoms with van der Waals surface area (Å²) in [5.74, 6) is 0.0641. The maximum absolute atomic E-state index is 13.0. The Balaban J connectivity index is 1.41. The molecule has 0 unspecified atom stereocenters. The Morgan fingerprint density at radius 2 is 1.70 bits per heavy atom. The Bertz CT molecular complexity index is 725. The molecule has 1 aliphatic heterocycles. The topological polar surface area (TPSA) is 69.7 Å². The average molecular weight is 398 g/mol. The van der Waals surface area contributed by atoms with E-state index in [1.165, 1.54) is 29.3 Å². The number of nitrogens with one attached hydrogen (secondary N) is 1. The van der Waals surface area contributed by atoms with Crippen molar-refractivity contribution in [3.63, 3.8) is 0 Å². The van der Waals surface area contributed by atoms with E-state index in [4.69, 9.17) is 0 Å². The zero-order valence-electron chi connectivity index (χ0n) is 15.6. The molecule has 150 valence electrons. The Morgan fingerprint density at radius 3 is 2.33 bits per heavy atom. The van der Waals surface area contributed by atoms with E-state index in [2.05, 4.69) is 10.2 Å². The van der Waals surface area contributed by atoms with Gasteiger partial charge in [0.25, 0.3) is 0 Å². The van der Waals surface area contributed by atoms with Gasteiger partial charge in [-0.3, -0.25) is 4.79 Å². The molecule has 1 saturated heterocycles. The van der Waals surface area contributed by atoms with Crippen LogP contribution in [0.25, 0.3) is 0 Å². The predicted octanol–water partition coefficient (Wildman–Crippen LogP) is 1.97. The van der Waals surface area contributed by atoms with E-state index in [1.54, 1.807) is 12.1 Å². The number of sulfonamides is 1. The molecule has 1 aliphatic carbocycles. The maximum atomic E-state index is 13.0. The number of hydrogen-bond donors (Lipinski definition) is 1. The van der Waals surface area contributed by atoms with Crippen molar-refractivity contribution in [3.8, 4) is 0 Å². The third-order valence-corrected chi connectivity index (χ3v) is 7.33. The van der Waals surface area contributed by atoms with Gasteiger partial charge in [-0.25, -0.2) is 12.8 Å². The first-order chi connectivity index (χ1) is 12.9. The summed E-state index contributed by atoms with van der Waals surface area (Å²) < 4.78 is 39.5. The van der Waals surface area contributed by atoms with E-state index in [0.29, 0.717) is 38.5 Å². The molecule has 2 fully saturated rings. The van der Waals surface area contributed by atoms with E-state index < -0.39 is 10.0 Å². The Kier molecular flexibility index (Phi) is 6.70. The van der Waals surface area contributed by atoms with Gasteiger partial charge in [-0.2, -0.15) is 4.31 Å². The third kappa shape index (κ3) is 5.65. The zero-order chi connectivity index (χ0) is 19.3. The first-order valence-corrected chi connectivity index (χ1v) is 11.3. The van der Waals surface area contributed by atoms with Crippen LogP contribution in [0, 0.1) is 11.7 Å². The molecular formula is C19H28FN3O3S. The average Bonchev–Trinajstić information content (AvgIpc) is 3.15. The number of benzene rings is 1. The van der Waals surface area contributed by atoms with Crippen LogP contribution >= 0.6 is 0 Å². The lowest BCUT2D eigenvalue weighted by Crippen LogP contribution is -2.50. The van der Waals surface area contributed by atoms with Crippen LogP contribution in [0.5, 0.6) is 0 Å². The predicted molar refractivity (Wildman–Crippen MR) is 104 cm³/mol. The number of rotatable bonds is 7. The van der Waals surface area contributed by atoms with E-state index in [0.717, 1.165) is 18.5 Å². The molecule has 1 aromatic rings. The summed E-state index contributed by atoms with van der Waals surface area (Å²) in [6.45, 7) is 2.09. The van der Waals surface area contributed by atoms with Gasteiger partial charge >= 0.3 is 0 Å². The Hall–Kier alpha value is -1.67. The van der Waals surface area contributed by atoms with Gasteiger partial charge in [-0.1, -0.05) is 12.8 Å². The summed E-state index contributed by atoms with van der Waals surface area (Å²) in [4.78, 5) is 14.0. The molecule has 0 aromatic heterocycles. The summed E-state index contributed by atoms with van der Waals surface area (Å²) >= 11 is 0. The molecule has 0 atom stereocenters. The minimum Gasteiger partial charge on any atom is -0.369 e. The van der Waals surface area contributed by atoms with Crippen molar-refractivity contribution in [1.29, 1.82) is 0 Å². The fourth-order valence-corrected chi connectivity index (χ4v) is 5.21. The van der Waals surface area contributed by atoms with Gasteiger partial charge in [0, 0.05) is 44.8 Å². The number of carbonyl (C=O) groups is 1. The molecule has 2 aliphatic rings. The SMILES string of the molecule is O=C(CC1CCCC1)NCCS(=O)(=O)N1CCN(c2ccc(F)cc2)CC1. The maximum Gasteiger partial charge on any atom is 0.220 e. The first-order valence-electron chi connectivity index (χ1n) is 9.69. The summed E-state index contributed by atoms with van der Waals surface area (Å²) in [7, 11) is -3.39. The van der Waals surface area contributed by atoms with Crippen molar-refractivity contribution < 1.29 is 17.6 Å². The number of nitrogens with zero attached hydrogens (tertiary/aromatic N) is 2. The van der Waals surface area contributed by atoms with Crippen LogP contribution in [-0.2, 0) is 14.8 Å². The summed E-state index contributed by atoms with van der Waals surface area (Å²) in [5, 5.41) is 2.75. The van der Waals surface area contributed by atoms with E-state index in [-0.39, 0.29) is 24.0 Å². The number of anilines is 1. The molecule has 1 saturated carbocycles. The monoisotopic (exact) mass is 397 g/mol. The summed E-state index contributed by atoms with van der Waals surface area (Å²) in [5.41, 5.74) is 0.896. The standard InChI is InChI=1S/C19H28FN3O3S/c20-17-5-7-18(8-6-17)22-10-12-23(13-11-22)27(25,26)14-9-21-19(24)15-16-3-1-2-4-16/h5-8,16H,1-4,9-15H2,(H,21,24). The molecule has 0 radical (unpaired) electrons. The largest absolute Gasteiger partial charge is 0.369 e. The molecule has 0 spiro atoms. The highest BCUT2D eigenvalue weighted by molar-refractivity contribution is 7.89. The van der Waals surface area contributed by atoms with Crippen LogP contribution in [0.4, 0.5) is 10.1 Å². The van der Waals surface area contributed by atoms with Gasteiger partial charge in [-0.05, 0) is 43.0 Å². The van der Waals surface area contributed by atoms with Gasteiger partial charge in [0.1, 0.15) is 5.82 Å². The summed E-state index contributed by atoms with van der Waals surface area (Å²) in [6.07, 6.45) is 5.09. The van der Waals surface area contributed by atoms with Crippen LogP contribution in [-0.4, -0.2) is 57.1 Å². The fourth-order valence-electron chi connectivity index (χ4n) is 3.87. The van der Waals surface area contributed by atoms with Gasteiger partial charge in [0.15, 0.2) is 0 Å². The minimum absolute atomic E-state index is 0.0433. The van der Waals surface area contributed by atoms with E-state index in [9.17, 15) is 17.6 Å². The van der Waals surface area contributed by atoms with Crippen LogP contribution in [0.1, 0.15) is 32.1 Å². The molecule has 27 heavy (non-hydrogen) atoms. The lowest BCUT2D eigenvalue weighted by molar-refractivity contribution is -0.121. The minimum atomic E-state index is -3.39. The van der Waals surface area contributed by atoms with Crippen molar-refractivity contribution >= 4 is 21.6 Å². The smallest absolute Gasteiger partial charge is 0.220 e. The lowest BCUT2D eigenvalue weighted by Gasteiger charge is -2.35. The van der Waals surface area contributed by atoms with Crippen molar-refractivity contribution in [1.82, 2.24) is 9.62 Å². The highest BCUT2D eigenvalue weighted by atomic mass is 32.2. The van der Waals surface area contributed by atoms with Crippen LogP contribution in [0.15, 0.2) is 24.3 Å².